The van der Waals surface area contributed by atoms with Gasteiger partial charge in [0.25, 0.3) is 5.91 Å². The number of carbonyl (C=O) groups is 2. The molecule has 0 unspecified atom stereocenters. The molecular formula is C24H25N3O4. The van der Waals surface area contributed by atoms with Crippen LogP contribution in [-0.4, -0.2) is 36.3 Å². The van der Waals surface area contributed by atoms with Crippen LogP contribution in [0.3, 0.4) is 0 Å². The van der Waals surface area contributed by atoms with Crippen LogP contribution < -0.4 is 15.5 Å². The summed E-state index contributed by atoms with van der Waals surface area (Å²) in [7, 11) is 1.62. The molecule has 0 aliphatic carbocycles. The van der Waals surface area contributed by atoms with Gasteiger partial charge in [0.1, 0.15) is 11.5 Å². The second kappa shape index (κ2) is 10.2. The van der Waals surface area contributed by atoms with Crippen molar-refractivity contribution in [1.29, 1.82) is 0 Å². The van der Waals surface area contributed by atoms with E-state index in [0.29, 0.717) is 24.1 Å². The topological polar surface area (TPSA) is 100 Å². The highest BCUT2D eigenvalue weighted by atomic mass is 16.5. The van der Waals surface area contributed by atoms with Crippen molar-refractivity contribution in [1.82, 2.24) is 10.7 Å². The first-order chi connectivity index (χ1) is 15.0. The van der Waals surface area contributed by atoms with Gasteiger partial charge in [0.2, 0.25) is 5.91 Å². The normalized spacial score (nSPS) is 11.2. The molecule has 0 fully saturated rings. The molecule has 7 heteroatoms. The van der Waals surface area contributed by atoms with Crippen molar-refractivity contribution in [2.24, 2.45) is 5.10 Å². The summed E-state index contributed by atoms with van der Waals surface area (Å²) in [5.41, 5.74) is 4.07. The van der Waals surface area contributed by atoms with Gasteiger partial charge in [0.15, 0.2) is 0 Å². The smallest absolute Gasteiger partial charge is 0.275 e. The van der Waals surface area contributed by atoms with E-state index >= 15 is 0 Å². The molecule has 0 spiro atoms. The Hall–Kier alpha value is -3.87. The molecule has 0 aliphatic heterocycles. The molecule has 2 amide bonds. The van der Waals surface area contributed by atoms with Crippen molar-refractivity contribution < 1.29 is 19.4 Å². The van der Waals surface area contributed by atoms with Crippen LogP contribution in [0.4, 0.5) is 0 Å². The molecule has 0 saturated carbocycles. The van der Waals surface area contributed by atoms with Gasteiger partial charge in [-0.05, 0) is 42.5 Å². The third-order valence-corrected chi connectivity index (χ3v) is 4.80. The number of hydrazone groups is 1. The molecular weight excluding hydrogens is 394 g/mol. The number of methoxy groups -OCH3 is 1. The lowest BCUT2D eigenvalue weighted by Crippen LogP contribution is -2.28. The highest BCUT2D eigenvalue weighted by Gasteiger charge is 2.13. The van der Waals surface area contributed by atoms with E-state index in [0.717, 1.165) is 16.7 Å². The van der Waals surface area contributed by atoms with Crippen LogP contribution in [0.1, 0.15) is 29.3 Å². The fourth-order valence-electron chi connectivity index (χ4n) is 3.12. The molecule has 3 aromatic rings. The van der Waals surface area contributed by atoms with Gasteiger partial charge in [-0.2, -0.15) is 5.10 Å². The van der Waals surface area contributed by atoms with Crippen molar-refractivity contribution in [3.8, 4) is 11.5 Å². The van der Waals surface area contributed by atoms with Crippen LogP contribution in [0.25, 0.3) is 10.8 Å². The first-order valence-corrected chi connectivity index (χ1v) is 9.92. The van der Waals surface area contributed by atoms with Crippen molar-refractivity contribution >= 4 is 28.3 Å². The van der Waals surface area contributed by atoms with Crippen LogP contribution in [0.2, 0.25) is 0 Å². The van der Waals surface area contributed by atoms with Gasteiger partial charge in [-0.3, -0.25) is 9.59 Å². The molecule has 0 heterocycles. The fraction of sp³-hybridized carbons (Fsp3) is 0.208. The van der Waals surface area contributed by atoms with Gasteiger partial charge >= 0.3 is 0 Å². The Kier molecular flexibility index (Phi) is 7.22. The third kappa shape index (κ3) is 5.82. The number of hydrogen-bond donors (Lipinski definition) is 3. The van der Waals surface area contributed by atoms with Gasteiger partial charge < -0.3 is 15.2 Å². The van der Waals surface area contributed by atoms with E-state index in [1.54, 1.807) is 38.3 Å². The van der Waals surface area contributed by atoms with Crippen LogP contribution in [0.15, 0.2) is 65.8 Å². The maximum Gasteiger partial charge on any atom is 0.275 e. The summed E-state index contributed by atoms with van der Waals surface area (Å²) in [6, 6.07) is 18.2. The predicted octanol–water partition coefficient (Wildman–Crippen LogP) is 3.41. The zero-order chi connectivity index (χ0) is 22.2. The second-order valence-electron chi connectivity index (χ2n) is 7.10. The molecule has 0 aliphatic rings. The fourth-order valence-corrected chi connectivity index (χ4v) is 3.12. The van der Waals surface area contributed by atoms with E-state index < -0.39 is 5.91 Å². The van der Waals surface area contributed by atoms with E-state index in [2.05, 4.69) is 15.8 Å². The Bertz CT molecular complexity index is 1110. The number of rotatable bonds is 8. The molecule has 31 heavy (non-hydrogen) atoms. The second-order valence-corrected chi connectivity index (χ2v) is 7.10. The number of amides is 2. The quantitative estimate of drug-likeness (QED) is 0.385. The zero-order valence-corrected chi connectivity index (χ0v) is 17.5. The molecule has 0 radical (unpaired) electrons. The van der Waals surface area contributed by atoms with Crippen molar-refractivity contribution in [3.63, 3.8) is 0 Å². The van der Waals surface area contributed by atoms with Crippen LogP contribution >= 0.6 is 0 Å². The van der Waals surface area contributed by atoms with Crippen molar-refractivity contribution in [2.75, 3.05) is 13.7 Å². The maximum atomic E-state index is 12.4. The van der Waals surface area contributed by atoms with Gasteiger partial charge in [-0.1, -0.05) is 42.5 Å². The maximum absolute atomic E-state index is 12.4. The third-order valence-electron chi connectivity index (χ3n) is 4.80. The minimum absolute atomic E-state index is 0.0621. The Balaban J connectivity index is 1.49. The summed E-state index contributed by atoms with van der Waals surface area (Å²) in [5, 5.41) is 18.6. The minimum Gasteiger partial charge on any atom is -0.506 e. The molecule has 3 aromatic carbocycles. The lowest BCUT2D eigenvalue weighted by atomic mass is 10.1. The molecule has 160 valence electrons. The lowest BCUT2D eigenvalue weighted by molar-refractivity contribution is -0.119. The van der Waals surface area contributed by atoms with Crippen molar-refractivity contribution in [2.45, 2.75) is 19.8 Å². The van der Waals surface area contributed by atoms with Crippen LogP contribution in [0.5, 0.6) is 11.5 Å². The first-order valence-electron chi connectivity index (χ1n) is 9.92. The lowest BCUT2D eigenvalue weighted by Gasteiger charge is -2.08. The predicted molar refractivity (Wildman–Crippen MR) is 121 cm³/mol. The Morgan fingerprint density at radius 3 is 2.52 bits per heavy atom. The van der Waals surface area contributed by atoms with Gasteiger partial charge in [0.05, 0.1) is 19.1 Å². The van der Waals surface area contributed by atoms with Crippen LogP contribution in [0, 0.1) is 0 Å². The Morgan fingerprint density at radius 2 is 1.77 bits per heavy atom. The molecule has 0 saturated heterocycles. The van der Waals surface area contributed by atoms with Gasteiger partial charge in [-0.25, -0.2) is 5.43 Å². The number of fused-ring (bicyclic) bond motifs is 1. The van der Waals surface area contributed by atoms with E-state index in [4.69, 9.17) is 4.74 Å². The minimum atomic E-state index is -0.539. The number of hydrogen-bond acceptors (Lipinski definition) is 5. The van der Waals surface area contributed by atoms with E-state index in [1.807, 2.05) is 36.4 Å². The van der Waals surface area contributed by atoms with Gasteiger partial charge in [0, 0.05) is 17.6 Å². The highest BCUT2D eigenvalue weighted by molar-refractivity contribution is 6.05. The Labute approximate surface area is 180 Å². The highest BCUT2D eigenvalue weighted by Crippen LogP contribution is 2.28. The molecule has 7 nitrogen and oxygen atoms in total. The van der Waals surface area contributed by atoms with E-state index in [1.165, 1.54) is 0 Å². The SMILES string of the molecule is COc1ccc(CCNC(=O)C/C(C)=N\NC(=O)c2ccc3ccccc3c2O)cc1. The molecule has 3 N–H and O–H groups in total. The average molecular weight is 419 g/mol. The average Bonchev–Trinajstić information content (AvgIpc) is 2.78. The number of benzene rings is 3. The number of phenolic OH excluding ortho intramolecular Hbond substituents is 1. The number of nitrogens with one attached hydrogen (secondary N) is 2. The van der Waals surface area contributed by atoms with Crippen molar-refractivity contribution in [3.05, 3.63) is 71.8 Å². The number of ether oxygens (including phenoxy) is 1. The molecule has 0 bridgehead atoms. The molecule has 0 aromatic heterocycles. The number of nitrogens with zero attached hydrogens (tertiary/aromatic N) is 1. The standard InChI is InChI=1S/C24H25N3O4/c1-16(15-22(28)25-14-13-17-7-10-19(31-2)11-8-17)26-27-24(30)21-12-9-18-5-3-4-6-20(18)23(21)29/h3-12,29H,13-15H2,1-2H3,(H,25,28)(H,27,30)/b26-16-. The largest absolute Gasteiger partial charge is 0.506 e. The summed E-state index contributed by atoms with van der Waals surface area (Å²) in [6.45, 7) is 2.15. The van der Waals surface area contributed by atoms with Crippen LogP contribution in [-0.2, 0) is 11.2 Å². The van der Waals surface area contributed by atoms with E-state index in [-0.39, 0.29) is 23.6 Å². The van der Waals surface area contributed by atoms with Gasteiger partial charge in [-0.15, -0.1) is 0 Å². The number of aromatic hydroxyl groups is 1. The summed E-state index contributed by atoms with van der Waals surface area (Å²) in [5.74, 6) is -0.0292. The monoisotopic (exact) mass is 419 g/mol. The summed E-state index contributed by atoms with van der Waals surface area (Å²) in [4.78, 5) is 24.5. The zero-order valence-electron chi connectivity index (χ0n) is 17.5. The summed E-state index contributed by atoms with van der Waals surface area (Å²) >= 11 is 0. The number of carbonyl (C=O) groups excluding carboxylic acids is 2. The summed E-state index contributed by atoms with van der Waals surface area (Å²) in [6.07, 6.45) is 0.760. The number of phenols is 1. The van der Waals surface area contributed by atoms with E-state index in [9.17, 15) is 14.7 Å². The summed E-state index contributed by atoms with van der Waals surface area (Å²) < 4.78 is 5.12. The first kappa shape index (κ1) is 21.8. The molecule has 3 rings (SSSR count). The molecule has 0 atom stereocenters. The Morgan fingerprint density at radius 1 is 1.03 bits per heavy atom.